The van der Waals surface area contributed by atoms with E-state index in [0.29, 0.717) is 21.9 Å². The van der Waals surface area contributed by atoms with Gasteiger partial charge in [-0.1, -0.05) is 29.0 Å². The number of imide groups is 1. The fourth-order valence-corrected chi connectivity index (χ4v) is 4.30. The third-order valence-corrected chi connectivity index (χ3v) is 6.23. The van der Waals surface area contributed by atoms with Gasteiger partial charge in [-0.3, -0.25) is 29.1 Å². The number of amides is 3. The van der Waals surface area contributed by atoms with Gasteiger partial charge in [0.15, 0.2) is 0 Å². The van der Waals surface area contributed by atoms with Gasteiger partial charge in [0.2, 0.25) is 5.01 Å². The number of benzene rings is 2. The van der Waals surface area contributed by atoms with E-state index >= 15 is 0 Å². The van der Waals surface area contributed by atoms with Gasteiger partial charge in [-0.15, -0.1) is 10.2 Å². The van der Waals surface area contributed by atoms with Gasteiger partial charge in [-0.2, -0.15) is 0 Å². The average molecular weight is 472 g/mol. The van der Waals surface area contributed by atoms with E-state index in [0.717, 1.165) is 27.5 Å². The number of hydrogen-bond donors (Lipinski definition) is 3. The van der Waals surface area contributed by atoms with Crippen molar-refractivity contribution in [1.29, 1.82) is 0 Å². The van der Waals surface area contributed by atoms with Crippen molar-refractivity contribution in [1.82, 2.24) is 20.1 Å². The van der Waals surface area contributed by atoms with Crippen LogP contribution in [0.2, 0.25) is 0 Å². The van der Waals surface area contributed by atoms with Crippen LogP contribution in [0.4, 0.5) is 11.5 Å². The maximum Gasteiger partial charge on any atom is 0.286 e. The number of pyridine rings is 1. The van der Waals surface area contributed by atoms with Crippen LogP contribution in [-0.4, -0.2) is 32.5 Å². The number of anilines is 2. The maximum atomic E-state index is 12.6. The molecule has 0 fully saturated rings. The molecule has 1 aliphatic rings. The second-order valence-corrected chi connectivity index (χ2v) is 8.53. The van der Waals surface area contributed by atoms with E-state index in [-0.39, 0.29) is 27.9 Å². The summed E-state index contributed by atoms with van der Waals surface area (Å²) in [4.78, 5) is 48.9. The number of carbonyl (C=O) groups excluding carboxylic acids is 3. The topological polar surface area (TPSA) is 149 Å². The van der Waals surface area contributed by atoms with Crippen molar-refractivity contribution in [2.45, 2.75) is 6.92 Å². The Hall–Kier alpha value is -4.64. The van der Waals surface area contributed by atoms with Crippen LogP contribution in [0.3, 0.4) is 0 Å². The van der Waals surface area contributed by atoms with Crippen LogP contribution in [0, 0.1) is 6.92 Å². The molecular weight excluding hydrogens is 456 g/mol. The lowest BCUT2D eigenvalue weighted by Gasteiger charge is -2.12. The first-order valence-electron chi connectivity index (χ1n) is 10.1. The highest BCUT2D eigenvalue weighted by molar-refractivity contribution is 7.16. The number of nitrogen functional groups attached to an aromatic ring is 1. The quantitative estimate of drug-likeness (QED) is 0.386. The summed E-state index contributed by atoms with van der Waals surface area (Å²) in [7, 11) is 0. The molecule has 34 heavy (non-hydrogen) atoms. The first-order valence-corrected chi connectivity index (χ1v) is 10.9. The highest BCUT2D eigenvalue weighted by Crippen LogP contribution is 2.27. The number of hydrogen-bond acceptors (Lipinski definition) is 8. The molecule has 4 aromatic rings. The lowest BCUT2D eigenvalue weighted by Crippen LogP contribution is -2.24. The Morgan fingerprint density at radius 1 is 1.00 bits per heavy atom. The summed E-state index contributed by atoms with van der Waals surface area (Å²) < 4.78 is 1.15. The van der Waals surface area contributed by atoms with Crippen LogP contribution < -0.4 is 21.9 Å². The van der Waals surface area contributed by atoms with Gasteiger partial charge in [-0.25, -0.2) is 0 Å². The van der Waals surface area contributed by atoms with Gasteiger partial charge < -0.3 is 11.1 Å². The molecule has 1 aliphatic heterocycles. The largest absolute Gasteiger partial charge is 0.384 e. The van der Waals surface area contributed by atoms with E-state index in [2.05, 4.69) is 20.8 Å². The predicted molar refractivity (Wildman–Crippen MR) is 126 cm³/mol. The lowest BCUT2D eigenvalue weighted by atomic mass is 10.1. The summed E-state index contributed by atoms with van der Waals surface area (Å²) in [6.45, 7) is 1.96. The van der Waals surface area contributed by atoms with Crippen LogP contribution in [0.15, 0.2) is 59.4 Å². The molecule has 0 bridgehead atoms. The summed E-state index contributed by atoms with van der Waals surface area (Å²) in [6.07, 6.45) is 0. The van der Waals surface area contributed by atoms with Crippen molar-refractivity contribution in [3.63, 3.8) is 0 Å². The molecule has 3 heterocycles. The van der Waals surface area contributed by atoms with E-state index < -0.39 is 17.4 Å². The molecule has 0 unspecified atom stereocenters. The first kappa shape index (κ1) is 21.2. The molecule has 11 heteroatoms. The lowest BCUT2D eigenvalue weighted by molar-refractivity contribution is 0.0879. The van der Waals surface area contributed by atoms with Crippen molar-refractivity contribution < 1.29 is 14.4 Å². The zero-order valence-corrected chi connectivity index (χ0v) is 18.5. The van der Waals surface area contributed by atoms with Gasteiger partial charge in [0, 0.05) is 17.3 Å². The van der Waals surface area contributed by atoms with Gasteiger partial charge >= 0.3 is 0 Å². The molecule has 0 saturated heterocycles. The number of fused-ring (bicyclic) bond motifs is 1. The number of carbonyl (C=O) groups is 3. The van der Waals surface area contributed by atoms with Crippen LogP contribution in [0.1, 0.15) is 36.1 Å². The predicted octanol–water partition coefficient (Wildman–Crippen LogP) is 2.38. The molecule has 3 amide bonds. The highest BCUT2D eigenvalue weighted by Gasteiger charge is 2.31. The average Bonchev–Trinajstić information content (AvgIpc) is 3.41. The van der Waals surface area contributed by atoms with Gasteiger partial charge in [0.1, 0.15) is 10.8 Å². The van der Waals surface area contributed by atoms with Crippen molar-refractivity contribution in [3.8, 4) is 16.3 Å². The van der Waals surface area contributed by atoms with Crippen LogP contribution >= 0.6 is 11.3 Å². The zero-order chi connectivity index (χ0) is 24.0. The Balaban J connectivity index is 1.40. The Labute approximate surface area is 196 Å². The van der Waals surface area contributed by atoms with Crippen molar-refractivity contribution in [3.05, 3.63) is 86.6 Å². The molecule has 0 saturated carbocycles. The summed E-state index contributed by atoms with van der Waals surface area (Å²) in [5, 5.41) is 13.7. The van der Waals surface area contributed by atoms with Gasteiger partial charge in [0.05, 0.1) is 16.8 Å². The fraction of sp³-hybridized carbons (Fsp3) is 0.0435. The Morgan fingerprint density at radius 2 is 1.71 bits per heavy atom. The third kappa shape index (κ3) is 3.63. The molecule has 10 nitrogen and oxygen atoms in total. The van der Waals surface area contributed by atoms with E-state index in [1.165, 1.54) is 0 Å². The number of aryl methyl sites for hydroxylation is 1. The number of nitrogens with one attached hydrogen (secondary N) is 2. The number of rotatable bonds is 4. The van der Waals surface area contributed by atoms with Gasteiger partial charge in [0.25, 0.3) is 23.3 Å². The van der Waals surface area contributed by atoms with Crippen LogP contribution in [-0.2, 0) is 0 Å². The molecule has 168 valence electrons. The smallest absolute Gasteiger partial charge is 0.286 e. The maximum absolute atomic E-state index is 12.6. The highest BCUT2D eigenvalue weighted by atomic mass is 32.1. The SMILES string of the molecule is Cc1ccc(NC(=O)c2nnc(-c3ccc(-n4c(N)c5c(cc4=O)C(=O)NC5=O)cc3)s2)cc1. The van der Waals surface area contributed by atoms with E-state index in [1.807, 2.05) is 19.1 Å². The van der Waals surface area contributed by atoms with E-state index in [9.17, 15) is 19.2 Å². The molecule has 0 radical (unpaired) electrons. The normalized spacial score (nSPS) is 12.4. The molecule has 0 aliphatic carbocycles. The Morgan fingerprint density at radius 3 is 2.41 bits per heavy atom. The van der Waals surface area contributed by atoms with Crippen molar-refractivity contribution >= 4 is 40.6 Å². The minimum Gasteiger partial charge on any atom is -0.384 e. The summed E-state index contributed by atoms with van der Waals surface area (Å²) in [6, 6.07) is 15.1. The summed E-state index contributed by atoms with van der Waals surface area (Å²) in [5.74, 6) is -1.78. The standard InChI is InChI=1S/C23H16N6O4S/c1-11-2-6-13(7-3-11)25-21(33)23-28-27-22(34-23)12-4-8-14(9-5-12)29-16(30)10-15-17(18(29)24)20(32)26-19(15)31/h2-10H,24H2,1H3,(H,25,33)(H,26,31,32). The number of aromatic nitrogens is 3. The number of nitrogens with zero attached hydrogens (tertiary/aromatic N) is 3. The van der Waals surface area contributed by atoms with Crippen molar-refractivity contribution in [2.24, 2.45) is 0 Å². The third-order valence-electron chi connectivity index (χ3n) is 5.25. The van der Waals surface area contributed by atoms with Gasteiger partial charge in [-0.05, 0) is 43.3 Å². The zero-order valence-electron chi connectivity index (χ0n) is 17.7. The van der Waals surface area contributed by atoms with Crippen molar-refractivity contribution in [2.75, 3.05) is 11.1 Å². The summed E-state index contributed by atoms with van der Waals surface area (Å²) in [5.41, 5.74) is 8.28. The Bertz CT molecular complexity index is 1540. The molecule has 4 N–H and O–H groups in total. The van der Waals surface area contributed by atoms with E-state index in [1.54, 1.807) is 36.4 Å². The fourth-order valence-electron chi connectivity index (χ4n) is 3.55. The monoisotopic (exact) mass is 472 g/mol. The summed E-state index contributed by atoms with van der Waals surface area (Å²) >= 11 is 1.12. The first-order chi connectivity index (χ1) is 16.3. The Kier molecular flexibility index (Phi) is 5.02. The molecule has 5 rings (SSSR count). The molecule has 2 aromatic heterocycles. The van der Waals surface area contributed by atoms with Crippen LogP contribution in [0.25, 0.3) is 16.3 Å². The second-order valence-electron chi connectivity index (χ2n) is 7.55. The molecular formula is C23H16N6O4S. The van der Waals surface area contributed by atoms with E-state index in [4.69, 9.17) is 5.73 Å². The minimum atomic E-state index is -0.648. The van der Waals surface area contributed by atoms with Crippen LogP contribution in [0.5, 0.6) is 0 Å². The molecule has 0 atom stereocenters. The molecule has 0 spiro atoms. The molecule has 2 aromatic carbocycles. The number of nitrogens with two attached hydrogens (primary N) is 1. The second kappa shape index (κ2) is 8.05. The minimum absolute atomic E-state index is 0.0259.